The molecule has 0 radical (unpaired) electrons. The van der Waals surface area contributed by atoms with Crippen molar-refractivity contribution in [3.63, 3.8) is 0 Å². The number of carboxylic acid groups (broad SMARTS) is 1. The van der Waals surface area contributed by atoms with Gasteiger partial charge in [0.25, 0.3) is 0 Å². The highest BCUT2D eigenvalue weighted by molar-refractivity contribution is 5.66. The van der Waals surface area contributed by atoms with Gasteiger partial charge in [-0.25, -0.2) is 14.2 Å². The average Bonchev–Trinajstić information content (AvgIpc) is 2.88. The highest BCUT2D eigenvalue weighted by atomic mass is 19.1. The van der Waals surface area contributed by atoms with Gasteiger partial charge in [0.05, 0.1) is 12.2 Å². The number of fused-ring (bicyclic) bond motifs is 1. The summed E-state index contributed by atoms with van der Waals surface area (Å²) in [6.45, 7) is 1.03. The largest absolute Gasteiger partial charge is 0.465 e. The van der Waals surface area contributed by atoms with E-state index in [4.69, 9.17) is 5.11 Å². The van der Waals surface area contributed by atoms with E-state index >= 15 is 0 Å². The van der Waals surface area contributed by atoms with Crippen LogP contribution in [0, 0.1) is 0 Å². The number of nitrogens with zero attached hydrogens (tertiary/aromatic N) is 2. The quantitative estimate of drug-likeness (QED) is 0.879. The molecule has 1 aromatic heterocycles. The molecule has 0 spiro atoms. The lowest BCUT2D eigenvalue weighted by molar-refractivity contribution is 0.146. The highest BCUT2D eigenvalue weighted by Crippen LogP contribution is 2.28. The van der Waals surface area contributed by atoms with Gasteiger partial charge < -0.3 is 15.3 Å². The fourth-order valence-corrected chi connectivity index (χ4v) is 2.77. The maximum Gasteiger partial charge on any atom is 0.407 e. The second kappa shape index (κ2) is 5.35. The van der Waals surface area contributed by atoms with E-state index in [9.17, 15) is 9.18 Å². The van der Waals surface area contributed by atoms with Crippen LogP contribution in [0.15, 0.2) is 18.2 Å². The van der Waals surface area contributed by atoms with Crippen molar-refractivity contribution in [2.45, 2.75) is 24.9 Å². The first-order chi connectivity index (χ1) is 10.1. The van der Waals surface area contributed by atoms with Crippen molar-refractivity contribution < 1.29 is 14.3 Å². The van der Waals surface area contributed by atoms with Gasteiger partial charge >= 0.3 is 6.09 Å². The maximum atomic E-state index is 14.5. The van der Waals surface area contributed by atoms with Crippen LogP contribution in [0.25, 0.3) is 6.08 Å². The summed E-state index contributed by atoms with van der Waals surface area (Å²) in [6, 6.07) is 3.88. The molecule has 1 aromatic rings. The second-order valence-corrected chi connectivity index (χ2v) is 5.60. The Hall–Kier alpha value is -2.11. The molecule has 0 aromatic carbocycles. The van der Waals surface area contributed by atoms with Crippen molar-refractivity contribution in [2.75, 3.05) is 25.0 Å². The average molecular weight is 291 g/mol. The number of halogens is 1. The Bertz CT molecular complexity index is 590. The van der Waals surface area contributed by atoms with Gasteiger partial charge in [0.15, 0.2) is 0 Å². The zero-order valence-electron chi connectivity index (χ0n) is 11.7. The molecule has 0 saturated carbocycles. The fourth-order valence-electron chi connectivity index (χ4n) is 2.77. The van der Waals surface area contributed by atoms with E-state index in [1.54, 1.807) is 6.08 Å². The summed E-state index contributed by atoms with van der Waals surface area (Å²) in [5, 5.41) is 12.1. The van der Waals surface area contributed by atoms with Crippen molar-refractivity contribution in [3.05, 3.63) is 29.5 Å². The molecule has 1 fully saturated rings. The minimum Gasteiger partial charge on any atom is -0.465 e. The molecule has 0 aliphatic carbocycles. The predicted octanol–water partition coefficient (Wildman–Crippen LogP) is 2.54. The number of hydrogen-bond donors (Lipinski definition) is 2. The summed E-state index contributed by atoms with van der Waals surface area (Å²) < 4.78 is 14.5. The molecule has 1 saturated heterocycles. The molecule has 112 valence electrons. The van der Waals surface area contributed by atoms with Crippen molar-refractivity contribution in [3.8, 4) is 0 Å². The van der Waals surface area contributed by atoms with Crippen LogP contribution in [-0.4, -0.2) is 46.4 Å². The zero-order valence-corrected chi connectivity index (χ0v) is 11.7. The number of likely N-dealkylation sites (tertiary alicyclic amines) is 1. The first-order valence-electron chi connectivity index (χ1n) is 7.16. The summed E-state index contributed by atoms with van der Waals surface area (Å²) in [7, 11) is 0. The Morgan fingerprint density at radius 3 is 3.14 bits per heavy atom. The molecule has 2 aliphatic rings. The van der Waals surface area contributed by atoms with Gasteiger partial charge in [-0.2, -0.15) is 0 Å². The topological polar surface area (TPSA) is 65.5 Å². The van der Waals surface area contributed by atoms with E-state index in [2.05, 4.69) is 10.3 Å². The lowest BCUT2D eigenvalue weighted by atomic mass is 10.0. The van der Waals surface area contributed by atoms with Crippen LogP contribution in [0.3, 0.4) is 0 Å². The van der Waals surface area contributed by atoms with Gasteiger partial charge in [-0.15, -0.1) is 0 Å². The Balaban J connectivity index is 1.73. The summed E-state index contributed by atoms with van der Waals surface area (Å²) in [5.41, 5.74) is 0.281. The number of carbonyl (C=O) groups is 1. The third kappa shape index (κ3) is 2.99. The van der Waals surface area contributed by atoms with Crippen LogP contribution in [0.2, 0.25) is 0 Å². The lowest BCUT2D eigenvalue weighted by Gasteiger charge is -2.17. The molecular formula is C15H18FN3O2. The number of hydrogen-bond acceptors (Lipinski definition) is 3. The molecule has 5 nitrogen and oxygen atoms in total. The number of alkyl halides is 1. The molecule has 3 heterocycles. The van der Waals surface area contributed by atoms with Gasteiger partial charge in [0, 0.05) is 19.5 Å². The number of anilines is 1. The molecule has 3 rings (SSSR count). The summed E-state index contributed by atoms with van der Waals surface area (Å²) in [6.07, 6.45) is 4.32. The summed E-state index contributed by atoms with van der Waals surface area (Å²) >= 11 is 0. The molecule has 1 amide bonds. The summed E-state index contributed by atoms with van der Waals surface area (Å²) in [5.74, 6) is 0.870. The van der Waals surface area contributed by atoms with Crippen LogP contribution < -0.4 is 5.32 Å². The van der Waals surface area contributed by atoms with E-state index < -0.39 is 11.8 Å². The molecular weight excluding hydrogens is 273 g/mol. The van der Waals surface area contributed by atoms with Gasteiger partial charge in [-0.3, -0.25) is 0 Å². The van der Waals surface area contributed by atoms with E-state index in [0.717, 1.165) is 30.1 Å². The first-order valence-corrected chi connectivity index (χ1v) is 7.16. The Kier molecular flexibility index (Phi) is 3.53. The lowest BCUT2D eigenvalue weighted by Crippen LogP contribution is -2.31. The summed E-state index contributed by atoms with van der Waals surface area (Å²) in [4.78, 5) is 16.4. The molecule has 0 bridgehead atoms. The van der Waals surface area contributed by atoms with Crippen LogP contribution in [-0.2, 0) is 6.42 Å². The van der Waals surface area contributed by atoms with Crippen LogP contribution in [0.4, 0.5) is 15.0 Å². The zero-order chi connectivity index (χ0) is 14.9. The third-order valence-electron chi connectivity index (χ3n) is 3.99. The van der Waals surface area contributed by atoms with Crippen LogP contribution >= 0.6 is 0 Å². The van der Waals surface area contributed by atoms with E-state index in [1.807, 2.05) is 12.1 Å². The Labute approximate surface area is 122 Å². The smallest absolute Gasteiger partial charge is 0.407 e. The second-order valence-electron chi connectivity index (χ2n) is 5.60. The van der Waals surface area contributed by atoms with E-state index in [1.165, 1.54) is 11.6 Å². The normalized spacial score (nSPS) is 24.9. The number of amides is 1. The highest BCUT2D eigenvalue weighted by Gasteiger charge is 2.38. The van der Waals surface area contributed by atoms with Crippen LogP contribution in [0.1, 0.15) is 24.1 Å². The molecule has 2 N–H and O–H groups in total. The minimum atomic E-state index is -1.59. The van der Waals surface area contributed by atoms with E-state index in [0.29, 0.717) is 5.69 Å². The van der Waals surface area contributed by atoms with Crippen molar-refractivity contribution in [1.82, 2.24) is 9.88 Å². The third-order valence-corrected chi connectivity index (χ3v) is 3.99. The number of aromatic nitrogens is 1. The monoisotopic (exact) mass is 291 g/mol. The Morgan fingerprint density at radius 2 is 2.38 bits per heavy atom. The first kappa shape index (κ1) is 13.9. The van der Waals surface area contributed by atoms with Gasteiger partial charge in [-0.05, 0) is 36.6 Å². The minimum absolute atomic E-state index is 0.109. The Morgan fingerprint density at radius 1 is 1.52 bits per heavy atom. The van der Waals surface area contributed by atoms with Gasteiger partial charge in [0.2, 0.25) is 0 Å². The van der Waals surface area contributed by atoms with Gasteiger partial charge in [0.1, 0.15) is 11.5 Å². The predicted molar refractivity (Wildman–Crippen MR) is 78.1 cm³/mol. The van der Waals surface area contributed by atoms with Gasteiger partial charge in [-0.1, -0.05) is 6.07 Å². The number of nitrogens with one attached hydrogen (secondary N) is 1. The maximum absolute atomic E-state index is 14.5. The van der Waals surface area contributed by atoms with Crippen molar-refractivity contribution >= 4 is 18.0 Å². The number of aryl methyl sites for hydroxylation is 1. The van der Waals surface area contributed by atoms with Crippen LogP contribution in [0.5, 0.6) is 0 Å². The molecule has 6 heteroatoms. The molecule has 21 heavy (non-hydrogen) atoms. The molecule has 2 aliphatic heterocycles. The molecule has 1 unspecified atom stereocenters. The van der Waals surface area contributed by atoms with Crippen molar-refractivity contribution in [2.24, 2.45) is 0 Å². The fraction of sp³-hybridized carbons (Fsp3) is 0.467. The SMILES string of the molecule is O=C(O)N1CCC(F)(C=Cc2ccc3c(n2)NCCC3)C1. The molecule has 1 atom stereocenters. The number of rotatable bonds is 2. The number of pyridine rings is 1. The van der Waals surface area contributed by atoms with E-state index in [-0.39, 0.29) is 19.5 Å². The standard InChI is InChI=1S/C15H18FN3O2/c16-15(7-9-19(10-15)14(20)21)6-5-12-4-3-11-2-1-8-17-13(11)18-12/h3-6H,1-2,7-10H2,(H,17,18)(H,20,21). The van der Waals surface area contributed by atoms with Crippen molar-refractivity contribution in [1.29, 1.82) is 0 Å².